The molecule has 1 aliphatic rings. The highest BCUT2D eigenvalue weighted by molar-refractivity contribution is 5.88. The van der Waals surface area contributed by atoms with Crippen molar-refractivity contribution in [3.05, 3.63) is 11.8 Å². The number of ether oxygens (including phenoxy) is 1. The summed E-state index contributed by atoms with van der Waals surface area (Å²) in [5.74, 6) is 1.52. The largest absolute Gasteiger partial charge is 0.381 e. The van der Waals surface area contributed by atoms with Crippen LogP contribution in [-0.4, -0.2) is 30.9 Å². The van der Waals surface area contributed by atoms with Gasteiger partial charge in [-0.2, -0.15) is 0 Å². The maximum atomic E-state index is 11.4. The van der Waals surface area contributed by atoms with Crippen LogP contribution in [0.4, 0.5) is 10.6 Å². The minimum Gasteiger partial charge on any atom is -0.381 e. The molecule has 0 bridgehead atoms. The summed E-state index contributed by atoms with van der Waals surface area (Å²) in [6, 6.07) is 1.40. The third-order valence-electron chi connectivity index (χ3n) is 2.44. The first-order chi connectivity index (χ1) is 7.74. The molecule has 16 heavy (non-hydrogen) atoms. The van der Waals surface area contributed by atoms with Crippen LogP contribution in [0.1, 0.15) is 12.2 Å². The van der Waals surface area contributed by atoms with E-state index >= 15 is 0 Å². The highest BCUT2D eigenvalue weighted by Crippen LogP contribution is 2.11. The molecule has 6 heteroatoms. The normalized spacial score (nSPS) is 19.7. The van der Waals surface area contributed by atoms with Gasteiger partial charge in [-0.25, -0.2) is 4.79 Å². The third-order valence-corrected chi connectivity index (χ3v) is 2.44. The van der Waals surface area contributed by atoms with Crippen LogP contribution in [0.3, 0.4) is 0 Å². The molecule has 0 spiro atoms. The van der Waals surface area contributed by atoms with Gasteiger partial charge in [-0.1, -0.05) is 5.16 Å². The first-order valence-corrected chi connectivity index (χ1v) is 5.30. The van der Waals surface area contributed by atoms with Gasteiger partial charge < -0.3 is 14.6 Å². The fraction of sp³-hybridized carbons (Fsp3) is 0.600. The molecule has 2 amide bonds. The fourth-order valence-corrected chi connectivity index (χ4v) is 1.57. The number of urea groups is 1. The van der Waals surface area contributed by atoms with Gasteiger partial charge >= 0.3 is 6.03 Å². The number of amides is 2. The van der Waals surface area contributed by atoms with Gasteiger partial charge in [0.2, 0.25) is 0 Å². The van der Waals surface area contributed by atoms with Crippen molar-refractivity contribution in [2.45, 2.75) is 13.3 Å². The Morgan fingerprint density at radius 1 is 1.69 bits per heavy atom. The summed E-state index contributed by atoms with van der Waals surface area (Å²) in [4.78, 5) is 11.4. The Morgan fingerprint density at radius 3 is 3.19 bits per heavy atom. The molecule has 1 atom stereocenters. The maximum Gasteiger partial charge on any atom is 0.320 e. The van der Waals surface area contributed by atoms with Crippen LogP contribution in [-0.2, 0) is 4.74 Å². The van der Waals surface area contributed by atoms with E-state index in [0.29, 0.717) is 24.0 Å². The van der Waals surface area contributed by atoms with Gasteiger partial charge in [-0.15, -0.1) is 0 Å². The monoisotopic (exact) mass is 225 g/mol. The third kappa shape index (κ3) is 2.96. The minimum absolute atomic E-state index is 0.264. The average Bonchev–Trinajstić information content (AvgIpc) is 2.87. The Balaban J connectivity index is 1.71. The Bertz CT molecular complexity index is 358. The summed E-state index contributed by atoms with van der Waals surface area (Å²) >= 11 is 0. The predicted molar refractivity (Wildman–Crippen MR) is 57.2 cm³/mol. The number of rotatable bonds is 3. The molecule has 0 aromatic carbocycles. The molecular weight excluding hydrogens is 210 g/mol. The molecule has 88 valence electrons. The Kier molecular flexibility index (Phi) is 3.40. The molecule has 2 heterocycles. The van der Waals surface area contributed by atoms with Crippen LogP contribution in [0.5, 0.6) is 0 Å². The standard InChI is InChI=1S/C10H15N3O3/c1-7-4-9(13-16-7)12-10(14)11-5-8-2-3-15-6-8/h4,8H,2-3,5-6H2,1H3,(H2,11,12,13,14)/t8-/m1/s1. The molecule has 2 N–H and O–H groups in total. The molecule has 1 saturated heterocycles. The van der Waals surface area contributed by atoms with Crippen molar-refractivity contribution in [1.82, 2.24) is 10.5 Å². The van der Waals surface area contributed by atoms with E-state index in [9.17, 15) is 4.79 Å². The summed E-state index contributed by atoms with van der Waals surface area (Å²) in [5, 5.41) is 9.03. The van der Waals surface area contributed by atoms with Crippen LogP contribution in [0, 0.1) is 12.8 Å². The zero-order valence-corrected chi connectivity index (χ0v) is 9.16. The van der Waals surface area contributed by atoms with Crippen molar-refractivity contribution in [3.63, 3.8) is 0 Å². The first kappa shape index (κ1) is 10.9. The van der Waals surface area contributed by atoms with E-state index in [0.717, 1.165) is 19.6 Å². The predicted octanol–water partition coefficient (Wildman–Crippen LogP) is 1.14. The van der Waals surface area contributed by atoms with Crippen molar-refractivity contribution in [2.24, 2.45) is 5.92 Å². The van der Waals surface area contributed by atoms with E-state index in [-0.39, 0.29) is 6.03 Å². The smallest absolute Gasteiger partial charge is 0.320 e. The van der Waals surface area contributed by atoms with E-state index in [1.807, 2.05) is 0 Å². The molecular formula is C10H15N3O3. The van der Waals surface area contributed by atoms with Crippen molar-refractivity contribution in [1.29, 1.82) is 0 Å². The highest BCUT2D eigenvalue weighted by Gasteiger charge is 2.16. The molecule has 1 fully saturated rings. The number of nitrogens with one attached hydrogen (secondary N) is 2. The van der Waals surface area contributed by atoms with Gasteiger partial charge in [0.05, 0.1) is 6.61 Å². The summed E-state index contributed by atoms with van der Waals surface area (Å²) in [7, 11) is 0. The zero-order chi connectivity index (χ0) is 11.4. The van der Waals surface area contributed by atoms with Crippen LogP contribution in [0.2, 0.25) is 0 Å². The quantitative estimate of drug-likeness (QED) is 0.808. The highest BCUT2D eigenvalue weighted by atomic mass is 16.5. The van der Waals surface area contributed by atoms with Gasteiger partial charge in [0.25, 0.3) is 0 Å². The van der Waals surface area contributed by atoms with E-state index in [4.69, 9.17) is 9.26 Å². The molecule has 6 nitrogen and oxygen atoms in total. The minimum atomic E-state index is -0.264. The number of carbonyl (C=O) groups is 1. The lowest BCUT2D eigenvalue weighted by Gasteiger charge is -2.08. The van der Waals surface area contributed by atoms with Gasteiger partial charge in [-0.3, -0.25) is 5.32 Å². The second kappa shape index (κ2) is 4.98. The van der Waals surface area contributed by atoms with E-state index in [1.54, 1.807) is 13.0 Å². The Morgan fingerprint density at radius 2 is 2.56 bits per heavy atom. The number of aromatic nitrogens is 1. The Hall–Kier alpha value is -1.56. The number of carbonyl (C=O) groups excluding carboxylic acids is 1. The molecule has 0 aliphatic carbocycles. The number of nitrogens with zero attached hydrogens (tertiary/aromatic N) is 1. The lowest BCUT2D eigenvalue weighted by molar-refractivity contribution is 0.185. The van der Waals surface area contributed by atoms with Gasteiger partial charge in [-0.05, 0) is 13.3 Å². The molecule has 0 radical (unpaired) electrons. The lowest BCUT2D eigenvalue weighted by atomic mass is 10.1. The summed E-state index contributed by atoms with van der Waals surface area (Å²) in [5.41, 5.74) is 0. The van der Waals surface area contributed by atoms with Crippen LogP contribution in [0.15, 0.2) is 10.6 Å². The lowest BCUT2D eigenvalue weighted by Crippen LogP contribution is -2.33. The van der Waals surface area contributed by atoms with Crippen molar-refractivity contribution in [3.8, 4) is 0 Å². The Labute approximate surface area is 93.3 Å². The van der Waals surface area contributed by atoms with Gasteiger partial charge in [0.1, 0.15) is 5.76 Å². The van der Waals surface area contributed by atoms with Crippen molar-refractivity contribution >= 4 is 11.8 Å². The SMILES string of the molecule is Cc1cc(NC(=O)NC[C@H]2CCOC2)no1. The van der Waals surface area contributed by atoms with E-state index < -0.39 is 0 Å². The van der Waals surface area contributed by atoms with Gasteiger partial charge in [0.15, 0.2) is 5.82 Å². The number of hydrogen-bond donors (Lipinski definition) is 2. The van der Waals surface area contributed by atoms with Crippen molar-refractivity contribution in [2.75, 3.05) is 25.1 Å². The topological polar surface area (TPSA) is 76.4 Å². The molecule has 2 rings (SSSR count). The first-order valence-electron chi connectivity index (χ1n) is 5.30. The summed E-state index contributed by atoms with van der Waals surface area (Å²) < 4.78 is 10.0. The second-order valence-electron chi connectivity index (χ2n) is 3.89. The van der Waals surface area contributed by atoms with Crippen LogP contribution < -0.4 is 10.6 Å². The molecule has 1 aromatic heterocycles. The average molecular weight is 225 g/mol. The fourth-order valence-electron chi connectivity index (χ4n) is 1.57. The number of hydrogen-bond acceptors (Lipinski definition) is 4. The molecule has 1 aliphatic heterocycles. The van der Waals surface area contributed by atoms with Crippen molar-refractivity contribution < 1.29 is 14.1 Å². The second-order valence-corrected chi connectivity index (χ2v) is 3.89. The summed E-state index contributed by atoms with van der Waals surface area (Å²) in [6.07, 6.45) is 1.00. The number of aryl methyl sites for hydroxylation is 1. The maximum absolute atomic E-state index is 11.4. The zero-order valence-electron chi connectivity index (χ0n) is 9.16. The van der Waals surface area contributed by atoms with E-state index in [2.05, 4.69) is 15.8 Å². The summed E-state index contributed by atoms with van der Waals surface area (Å²) in [6.45, 7) is 3.91. The van der Waals surface area contributed by atoms with Crippen LogP contribution in [0.25, 0.3) is 0 Å². The van der Waals surface area contributed by atoms with Gasteiger partial charge in [0, 0.05) is 25.1 Å². The number of anilines is 1. The van der Waals surface area contributed by atoms with E-state index in [1.165, 1.54) is 0 Å². The molecule has 0 unspecified atom stereocenters. The van der Waals surface area contributed by atoms with Crippen LogP contribution >= 0.6 is 0 Å². The molecule has 1 aromatic rings. The molecule has 0 saturated carbocycles.